The number of nitrogens with zero attached hydrogens (tertiary/aromatic N) is 3. The van der Waals surface area contributed by atoms with Gasteiger partial charge in [-0.25, -0.2) is 0 Å². The molecular weight excluding hydrogens is 330 g/mol. The Morgan fingerprint density at radius 2 is 1.58 bits per heavy atom. The predicted octanol–water partition coefficient (Wildman–Crippen LogP) is 2.87. The second-order valence-corrected chi connectivity index (χ2v) is 5.97. The van der Waals surface area contributed by atoms with Crippen LogP contribution in [0.5, 0.6) is 17.2 Å². The largest absolute Gasteiger partial charge is 0.497 e. The van der Waals surface area contributed by atoms with Crippen molar-refractivity contribution >= 4 is 11.9 Å². The van der Waals surface area contributed by atoms with Crippen LogP contribution >= 0.6 is 0 Å². The third kappa shape index (κ3) is 4.02. The van der Waals surface area contributed by atoms with Crippen LogP contribution < -0.4 is 19.1 Å². The fourth-order valence-electron chi connectivity index (χ4n) is 3.01. The Morgan fingerprint density at radius 3 is 2.27 bits per heavy atom. The molecule has 0 radical (unpaired) electrons. The molecule has 1 aliphatic rings. The Bertz CT molecular complexity index is 756. The molecule has 1 fully saturated rings. The molecular formula is C20H25N3O3. The molecule has 0 amide bonds. The van der Waals surface area contributed by atoms with E-state index in [2.05, 4.69) is 21.1 Å². The maximum atomic E-state index is 5.47. The number of hydrogen-bond donors (Lipinski definition) is 0. The highest BCUT2D eigenvalue weighted by Gasteiger charge is 2.18. The predicted molar refractivity (Wildman–Crippen MR) is 104 cm³/mol. The van der Waals surface area contributed by atoms with Crippen LogP contribution in [0.3, 0.4) is 0 Å². The number of methoxy groups -OCH3 is 3. The number of rotatable bonds is 6. The average molecular weight is 355 g/mol. The van der Waals surface area contributed by atoms with Crippen molar-refractivity contribution in [2.75, 3.05) is 52.4 Å². The monoisotopic (exact) mass is 355 g/mol. The number of anilines is 1. The van der Waals surface area contributed by atoms with Gasteiger partial charge in [0.2, 0.25) is 0 Å². The van der Waals surface area contributed by atoms with Crippen molar-refractivity contribution in [2.24, 2.45) is 5.10 Å². The molecule has 3 rings (SSSR count). The van der Waals surface area contributed by atoms with Crippen LogP contribution in [-0.2, 0) is 0 Å². The fourth-order valence-corrected chi connectivity index (χ4v) is 3.01. The van der Waals surface area contributed by atoms with Crippen LogP contribution in [0.4, 0.5) is 5.69 Å². The van der Waals surface area contributed by atoms with Crippen LogP contribution in [0.15, 0.2) is 47.6 Å². The van der Waals surface area contributed by atoms with E-state index in [1.807, 2.05) is 42.6 Å². The van der Waals surface area contributed by atoms with Crippen molar-refractivity contribution in [1.82, 2.24) is 5.01 Å². The summed E-state index contributed by atoms with van der Waals surface area (Å²) < 4.78 is 16.1. The van der Waals surface area contributed by atoms with Gasteiger partial charge in [0, 0.05) is 24.7 Å². The fraction of sp³-hybridized carbons (Fsp3) is 0.350. The molecule has 2 aromatic rings. The second kappa shape index (κ2) is 8.47. The van der Waals surface area contributed by atoms with Gasteiger partial charge in [0.1, 0.15) is 17.2 Å². The second-order valence-electron chi connectivity index (χ2n) is 5.97. The molecule has 2 aromatic carbocycles. The van der Waals surface area contributed by atoms with E-state index >= 15 is 0 Å². The molecule has 26 heavy (non-hydrogen) atoms. The summed E-state index contributed by atoms with van der Waals surface area (Å²) in [5, 5.41) is 6.70. The summed E-state index contributed by atoms with van der Waals surface area (Å²) in [6, 6.07) is 13.8. The van der Waals surface area contributed by atoms with Crippen molar-refractivity contribution in [3.8, 4) is 17.2 Å². The van der Waals surface area contributed by atoms with Gasteiger partial charge in [-0.2, -0.15) is 5.10 Å². The topological polar surface area (TPSA) is 46.5 Å². The van der Waals surface area contributed by atoms with E-state index in [9.17, 15) is 0 Å². The average Bonchev–Trinajstić information content (AvgIpc) is 2.72. The van der Waals surface area contributed by atoms with Crippen LogP contribution in [-0.4, -0.2) is 58.7 Å². The number of hydrogen-bond acceptors (Lipinski definition) is 6. The van der Waals surface area contributed by atoms with Gasteiger partial charge in [0.25, 0.3) is 0 Å². The summed E-state index contributed by atoms with van der Waals surface area (Å²) >= 11 is 0. The van der Waals surface area contributed by atoms with Crippen molar-refractivity contribution in [3.63, 3.8) is 0 Å². The molecule has 0 N–H and O–H groups in total. The first-order valence-electron chi connectivity index (χ1n) is 8.64. The van der Waals surface area contributed by atoms with Gasteiger partial charge >= 0.3 is 0 Å². The minimum Gasteiger partial charge on any atom is -0.497 e. The van der Waals surface area contributed by atoms with E-state index < -0.39 is 0 Å². The van der Waals surface area contributed by atoms with Gasteiger partial charge in [0.05, 0.1) is 46.3 Å². The summed E-state index contributed by atoms with van der Waals surface area (Å²) in [6.45, 7) is 3.51. The molecule has 0 aliphatic carbocycles. The number of hydrazone groups is 1. The molecule has 0 unspecified atom stereocenters. The Labute approximate surface area is 154 Å². The smallest absolute Gasteiger partial charge is 0.142 e. The van der Waals surface area contributed by atoms with E-state index in [0.717, 1.165) is 54.7 Å². The summed E-state index contributed by atoms with van der Waals surface area (Å²) in [4.78, 5) is 2.33. The lowest BCUT2D eigenvalue weighted by Gasteiger charge is -2.35. The molecule has 1 heterocycles. The van der Waals surface area contributed by atoms with E-state index in [0.29, 0.717) is 0 Å². The molecule has 0 bridgehead atoms. The number of para-hydroxylation sites is 2. The molecule has 0 atom stereocenters. The highest BCUT2D eigenvalue weighted by atomic mass is 16.5. The Morgan fingerprint density at radius 1 is 0.846 bits per heavy atom. The lowest BCUT2D eigenvalue weighted by molar-refractivity contribution is 0.271. The van der Waals surface area contributed by atoms with Crippen LogP contribution in [0.1, 0.15) is 5.56 Å². The Kier molecular flexibility index (Phi) is 5.84. The Hall–Kier alpha value is -2.89. The van der Waals surface area contributed by atoms with Crippen LogP contribution in [0, 0.1) is 0 Å². The van der Waals surface area contributed by atoms with Crippen LogP contribution in [0.2, 0.25) is 0 Å². The molecule has 0 spiro atoms. The third-order valence-corrected chi connectivity index (χ3v) is 4.48. The lowest BCUT2D eigenvalue weighted by Crippen LogP contribution is -2.44. The Balaban J connectivity index is 1.63. The minimum atomic E-state index is 0.751. The quantitative estimate of drug-likeness (QED) is 0.746. The molecule has 0 aromatic heterocycles. The summed E-state index contributed by atoms with van der Waals surface area (Å²) in [5.41, 5.74) is 2.07. The van der Waals surface area contributed by atoms with Crippen molar-refractivity contribution in [1.29, 1.82) is 0 Å². The molecule has 1 saturated heterocycles. The summed E-state index contributed by atoms with van der Waals surface area (Å²) in [7, 11) is 5.00. The maximum absolute atomic E-state index is 5.47. The third-order valence-electron chi connectivity index (χ3n) is 4.48. The standard InChI is InChI=1S/C20H25N3O3/c1-24-17-9-8-16(20(14-17)26-3)15-21-23-12-10-22(11-13-23)18-6-4-5-7-19(18)25-2/h4-9,14-15H,10-13H2,1-3H3/b21-15+. The van der Waals surface area contributed by atoms with Crippen molar-refractivity contribution < 1.29 is 14.2 Å². The van der Waals surface area contributed by atoms with E-state index in [4.69, 9.17) is 14.2 Å². The normalized spacial score (nSPS) is 14.6. The number of piperazine rings is 1. The first-order valence-corrected chi connectivity index (χ1v) is 8.64. The minimum absolute atomic E-state index is 0.751. The highest BCUT2D eigenvalue weighted by molar-refractivity contribution is 5.83. The summed E-state index contributed by atoms with van der Waals surface area (Å²) in [6.07, 6.45) is 1.84. The zero-order chi connectivity index (χ0) is 18.4. The molecule has 6 nitrogen and oxygen atoms in total. The molecule has 0 saturated carbocycles. The zero-order valence-electron chi connectivity index (χ0n) is 15.5. The molecule has 1 aliphatic heterocycles. The zero-order valence-corrected chi connectivity index (χ0v) is 15.5. The lowest BCUT2D eigenvalue weighted by atomic mass is 10.2. The summed E-state index contributed by atoms with van der Waals surface area (Å²) in [5.74, 6) is 2.43. The number of ether oxygens (including phenoxy) is 3. The molecule has 6 heteroatoms. The van der Waals surface area contributed by atoms with E-state index in [-0.39, 0.29) is 0 Å². The van der Waals surface area contributed by atoms with Gasteiger partial charge in [-0.3, -0.25) is 5.01 Å². The van der Waals surface area contributed by atoms with Gasteiger partial charge in [0.15, 0.2) is 0 Å². The highest BCUT2D eigenvalue weighted by Crippen LogP contribution is 2.28. The number of benzene rings is 2. The molecule has 138 valence electrons. The first-order chi connectivity index (χ1) is 12.7. The van der Waals surface area contributed by atoms with Crippen molar-refractivity contribution in [3.05, 3.63) is 48.0 Å². The maximum Gasteiger partial charge on any atom is 0.142 e. The van der Waals surface area contributed by atoms with Gasteiger partial charge in [-0.05, 0) is 24.3 Å². The van der Waals surface area contributed by atoms with Crippen LogP contribution in [0.25, 0.3) is 0 Å². The SMILES string of the molecule is COc1ccc(/C=N/N2CCN(c3ccccc3OC)CC2)c(OC)c1. The first kappa shape index (κ1) is 17.9. The van der Waals surface area contributed by atoms with E-state index in [1.54, 1.807) is 21.3 Å². The van der Waals surface area contributed by atoms with Gasteiger partial charge < -0.3 is 19.1 Å². The van der Waals surface area contributed by atoms with Gasteiger partial charge in [-0.15, -0.1) is 0 Å². The van der Waals surface area contributed by atoms with E-state index in [1.165, 1.54) is 0 Å². The van der Waals surface area contributed by atoms with Crippen molar-refractivity contribution in [2.45, 2.75) is 0 Å². The van der Waals surface area contributed by atoms with Gasteiger partial charge in [-0.1, -0.05) is 12.1 Å².